The minimum Gasteiger partial charge on any atom is -0.490 e. The molecule has 0 amide bonds. The highest BCUT2D eigenvalue weighted by molar-refractivity contribution is 5.62. The SMILES string of the molecule is C=CCOc1ccc(Nc2cccc(C#N)c2F)cc1. The summed E-state index contributed by atoms with van der Waals surface area (Å²) in [6, 6.07) is 13.6. The Morgan fingerprint density at radius 1 is 1.25 bits per heavy atom. The molecule has 0 spiro atoms. The van der Waals surface area contributed by atoms with Gasteiger partial charge in [0.2, 0.25) is 0 Å². The summed E-state index contributed by atoms with van der Waals surface area (Å²) in [5, 5.41) is 11.7. The van der Waals surface area contributed by atoms with E-state index in [9.17, 15) is 4.39 Å². The average Bonchev–Trinajstić information content (AvgIpc) is 2.48. The summed E-state index contributed by atoms with van der Waals surface area (Å²) in [5.74, 6) is 0.156. The highest BCUT2D eigenvalue weighted by atomic mass is 19.1. The Labute approximate surface area is 116 Å². The Kier molecular flexibility index (Phi) is 4.35. The highest BCUT2D eigenvalue weighted by Gasteiger charge is 2.07. The molecule has 20 heavy (non-hydrogen) atoms. The zero-order valence-electron chi connectivity index (χ0n) is 10.8. The minimum atomic E-state index is -0.554. The van der Waals surface area contributed by atoms with Crippen molar-refractivity contribution in [3.63, 3.8) is 0 Å². The van der Waals surface area contributed by atoms with Gasteiger partial charge in [0, 0.05) is 5.69 Å². The molecule has 2 aromatic carbocycles. The average molecular weight is 268 g/mol. The molecule has 0 bridgehead atoms. The van der Waals surface area contributed by atoms with E-state index in [1.165, 1.54) is 6.07 Å². The van der Waals surface area contributed by atoms with E-state index < -0.39 is 5.82 Å². The lowest BCUT2D eigenvalue weighted by Crippen LogP contribution is -1.96. The van der Waals surface area contributed by atoms with Crippen LogP contribution in [0.4, 0.5) is 15.8 Å². The standard InChI is InChI=1S/C16H13FN2O/c1-2-10-20-14-8-6-13(7-9-14)19-15-5-3-4-12(11-18)16(15)17/h2-9,19H,1,10H2. The van der Waals surface area contributed by atoms with Crippen molar-refractivity contribution < 1.29 is 9.13 Å². The van der Waals surface area contributed by atoms with E-state index in [1.807, 2.05) is 6.07 Å². The molecule has 0 radical (unpaired) electrons. The van der Waals surface area contributed by atoms with Crippen LogP contribution in [0.2, 0.25) is 0 Å². The lowest BCUT2D eigenvalue weighted by atomic mass is 10.2. The molecule has 0 saturated carbocycles. The van der Waals surface area contributed by atoms with E-state index in [-0.39, 0.29) is 11.3 Å². The van der Waals surface area contributed by atoms with E-state index in [0.717, 1.165) is 0 Å². The van der Waals surface area contributed by atoms with Crippen LogP contribution < -0.4 is 10.1 Å². The van der Waals surface area contributed by atoms with Gasteiger partial charge in [-0.05, 0) is 36.4 Å². The molecule has 0 aliphatic carbocycles. The smallest absolute Gasteiger partial charge is 0.164 e. The number of nitrogens with zero attached hydrogens (tertiary/aromatic N) is 1. The molecule has 0 aliphatic rings. The molecule has 0 fully saturated rings. The maximum absolute atomic E-state index is 13.9. The third-order valence-electron chi connectivity index (χ3n) is 2.62. The van der Waals surface area contributed by atoms with Crippen molar-refractivity contribution in [1.82, 2.24) is 0 Å². The van der Waals surface area contributed by atoms with Crippen molar-refractivity contribution in [2.24, 2.45) is 0 Å². The molecule has 0 unspecified atom stereocenters. The molecule has 0 heterocycles. The fourth-order valence-electron chi connectivity index (χ4n) is 1.66. The predicted octanol–water partition coefficient (Wildman–Crippen LogP) is 4.01. The molecule has 2 aromatic rings. The number of halogens is 1. The van der Waals surface area contributed by atoms with E-state index in [1.54, 1.807) is 42.5 Å². The van der Waals surface area contributed by atoms with Gasteiger partial charge in [-0.25, -0.2) is 4.39 Å². The number of nitrogens with one attached hydrogen (secondary N) is 1. The quantitative estimate of drug-likeness (QED) is 0.833. The number of rotatable bonds is 5. The maximum Gasteiger partial charge on any atom is 0.164 e. The van der Waals surface area contributed by atoms with Crippen molar-refractivity contribution in [2.75, 3.05) is 11.9 Å². The van der Waals surface area contributed by atoms with Crippen molar-refractivity contribution in [3.8, 4) is 11.8 Å². The van der Waals surface area contributed by atoms with Gasteiger partial charge in [0.15, 0.2) is 5.82 Å². The van der Waals surface area contributed by atoms with E-state index >= 15 is 0 Å². The second-order valence-electron chi connectivity index (χ2n) is 4.03. The fraction of sp³-hybridized carbons (Fsp3) is 0.0625. The van der Waals surface area contributed by atoms with Gasteiger partial charge < -0.3 is 10.1 Å². The van der Waals surface area contributed by atoms with Crippen LogP contribution >= 0.6 is 0 Å². The fourth-order valence-corrected chi connectivity index (χ4v) is 1.66. The van der Waals surface area contributed by atoms with Crippen LogP contribution in [0.5, 0.6) is 5.75 Å². The van der Waals surface area contributed by atoms with Crippen LogP contribution in [0.1, 0.15) is 5.56 Å². The summed E-state index contributed by atoms with van der Waals surface area (Å²) in [7, 11) is 0. The first-order valence-electron chi connectivity index (χ1n) is 6.04. The molecule has 0 aliphatic heterocycles. The van der Waals surface area contributed by atoms with Crippen molar-refractivity contribution in [1.29, 1.82) is 5.26 Å². The lowest BCUT2D eigenvalue weighted by Gasteiger charge is -2.09. The Balaban J connectivity index is 2.14. The van der Waals surface area contributed by atoms with Crippen LogP contribution in [0.3, 0.4) is 0 Å². The Bertz CT molecular complexity index is 645. The van der Waals surface area contributed by atoms with Gasteiger partial charge in [0.1, 0.15) is 18.4 Å². The van der Waals surface area contributed by atoms with Crippen molar-refractivity contribution >= 4 is 11.4 Å². The lowest BCUT2D eigenvalue weighted by molar-refractivity contribution is 0.363. The summed E-state index contributed by atoms with van der Waals surface area (Å²) in [6.45, 7) is 4.01. The largest absolute Gasteiger partial charge is 0.490 e. The number of anilines is 2. The van der Waals surface area contributed by atoms with Gasteiger partial charge in [0.25, 0.3) is 0 Å². The second-order valence-corrected chi connectivity index (χ2v) is 4.03. The van der Waals surface area contributed by atoms with E-state index in [0.29, 0.717) is 18.0 Å². The second kappa shape index (κ2) is 6.39. The summed E-state index contributed by atoms with van der Waals surface area (Å²) in [6.07, 6.45) is 1.66. The van der Waals surface area contributed by atoms with Crippen molar-refractivity contribution in [2.45, 2.75) is 0 Å². The van der Waals surface area contributed by atoms with Gasteiger partial charge in [-0.1, -0.05) is 18.7 Å². The number of hydrogen-bond donors (Lipinski definition) is 1. The first kappa shape index (κ1) is 13.6. The molecule has 100 valence electrons. The molecule has 4 heteroatoms. The van der Waals surface area contributed by atoms with Gasteiger partial charge >= 0.3 is 0 Å². The summed E-state index contributed by atoms with van der Waals surface area (Å²) in [4.78, 5) is 0. The molecule has 0 aromatic heterocycles. The molecule has 1 N–H and O–H groups in total. The Morgan fingerprint density at radius 2 is 2.00 bits per heavy atom. The summed E-state index contributed by atoms with van der Waals surface area (Å²) in [5.41, 5.74) is 0.995. The molecular weight excluding hydrogens is 255 g/mol. The highest BCUT2D eigenvalue weighted by Crippen LogP contribution is 2.23. The summed E-state index contributed by atoms with van der Waals surface area (Å²) < 4.78 is 19.2. The number of nitriles is 1. The van der Waals surface area contributed by atoms with E-state index in [4.69, 9.17) is 10.00 Å². The Hall–Kier alpha value is -2.80. The number of benzene rings is 2. The third-order valence-corrected chi connectivity index (χ3v) is 2.62. The molecular formula is C16H13FN2O. The van der Waals surface area contributed by atoms with Crippen LogP contribution in [-0.4, -0.2) is 6.61 Å². The number of ether oxygens (including phenoxy) is 1. The summed E-state index contributed by atoms with van der Waals surface area (Å²) >= 11 is 0. The van der Waals surface area contributed by atoms with Crippen LogP contribution in [0.15, 0.2) is 55.1 Å². The maximum atomic E-state index is 13.9. The predicted molar refractivity (Wildman–Crippen MR) is 76.5 cm³/mol. The normalized spacial score (nSPS) is 9.60. The molecule has 3 nitrogen and oxygen atoms in total. The Morgan fingerprint density at radius 3 is 2.65 bits per heavy atom. The molecule has 2 rings (SSSR count). The van der Waals surface area contributed by atoms with E-state index in [2.05, 4.69) is 11.9 Å². The van der Waals surface area contributed by atoms with Crippen LogP contribution in [-0.2, 0) is 0 Å². The van der Waals surface area contributed by atoms with Crippen LogP contribution in [0.25, 0.3) is 0 Å². The first-order chi connectivity index (χ1) is 9.74. The molecule has 0 saturated heterocycles. The zero-order chi connectivity index (χ0) is 14.4. The topological polar surface area (TPSA) is 45.0 Å². The van der Waals surface area contributed by atoms with Crippen LogP contribution in [0, 0.1) is 17.1 Å². The number of hydrogen-bond acceptors (Lipinski definition) is 3. The third kappa shape index (κ3) is 3.15. The minimum absolute atomic E-state index is 0.0148. The van der Waals surface area contributed by atoms with Gasteiger partial charge in [-0.15, -0.1) is 0 Å². The monoisotopic (exact) mass is 268 g/mol. The van der Waals surface area contributed by atoms with Crippen molar-refractivity contribution in [3.05, 3.63) is 66.5 Å². The zero-order valence-corrected chi connectivity index (χ0v) is 10.8. The first-order valence-corrected chi connectivity index (χ1v) is 6.04. The van der Waals surface area contributed by atoms with Gasteiger partial charge in [-0.3, -0.25) is 0 Å². The van der Waals surface area contributed by atoms with Gasteiger partial charge in [0.05, 0.1) is 11.3 Å². The van der Waals surface area contributed by atoms with Gasteiger partial charge in [-0.2, -0.15) is 5.26 Å². The molecule has 0 atom stereocenters.